The summed E-state index contributed by atoms with van der Waals surface area (Å²) in [6.45, 7) is 8.23. The van der Waals surface area contributed by atoms with Crippen molar-refractivity contribution in [1.82, 2.24) is 10.5 Å². The first-order valence-electron chi connectivity index (χ1n) is 7.55. The number of ether oxygens (including phenoxy) is 1. The van der Waals surface area contributed by atoms with Crippen molar-refractivity contribution in [1.29, 1.82) is 0 Å². The molecule has 1 aromatic heterocycles. The van der Waals surface area contributed by atoms with Gasteiger partial charge in [-0.05, 0) is 44.9 Å². The number of carbonyl (C=O) groups excluding carboxylic acids is 1. The third-order valence-corrected chi connectivity index (χ3v) is 3.53. The molecule has 118 valence electrons. The van der Waals surface area contributed by atoms with Gasteiger partial charge in [0.2, 0.25) is 0 Å². The predicted octanol–water partition coefficient (Wildman–Crippen LogP) is 3.44. The van der Waals surface area contributed by atoms with E-state index in [9.17, 15) is 4.79 Å². The lowest BCUT2D eigenvalue weighted by Crippen LogP contribution is -2.27. The Morgan fingerprint density at radius 2 is 2.00 bits per heavy atom. The van der Waals surface area contributed by atoms with Crippen molar-refractivity contribution in [2.45, 2.75) is 40.2 Å². The molecule has 0 saturated heterocycles. The highest BCUT2D eigenvalue weighted by Gasteiger charge is 2.20. The molecule has 2 rings (SSSR count). The number of benzene rings is 1. The molecular weight excluding hydrogens is 280 g/mol. The average molecular weight is 302 g/mol. The third kappa shape index (κ3) is 3.47. The minimum absolute atomic E-state index is 0.109. The maximum atomic E-state index is 12.4. The second-order valence-corrected chi connectivity index (χ2v) is 5.11. The zero-order chi connectivity index (χ0) is 16.1. The molecule has 1 heterocycles. The lowest BCUT2D eigenvalue weighted by Gasteiger charge is -2.15. The Morgan fingerprint density at radius 1 is 1.32 bits per heavy atom. The fourth-order valence-electron chi connectivity index (χ4n) is 2.32. The molecule has 22 heavy (non-hydrogen) atoms. The van der Waals surface area contributed by atoms with E-state index in [1.165, 1.54) is 0 Å². The molecule has 0 bridgehead atoms. The van der Waals surface area contributed by atoms with Gasteiger partial charge in [0, 0.05) is 0 Å². The second kappa shape index (κ2) is 7.11. The molecule has 1 N–H and O–H groups in total. The van der Waals surface area contributed by atoms with Crippen LogP contribution < -0.4 is 10.1 Å². The maximum Gasteiger partial charge on any atom is 0.257 e. The van der Waals surface area contributed by atoms with Crippen LogP contribution in [0.3, 0.4) is 0 Å². The minimum atomic E-state index is -0.156. The summed E-state index contributed by atoms with van der Waals surface area (Å²) in [5, 5.41) is 6.90. The van der Waals surface area contributed by atoms with E-state index >= 15 is 0 Å². The van der Waals surface area contributed by atoms with Crippen molar-refractivity contribution in [3.63, 3.8) is 0 Å². The SMILES string of the molecule is CCOc1ccc(C(C)NC(=O)c2c(CC)noc2C)cc1. The van der Waals surface area contributed by atoms with Crippen LogP contribution in [-0.4, -0.2) is 17.7 Å². The van der Waals surface area contributed by atoms with Crippen molar-refractivity contribution in [2.75, 3.05) is 6.61 Å². The first-order valence-corrected chi connectivity index (χ1v) is 7.55. The Morgan fingerprint density at radius 3 is 2.59 bits per heavy atom. The maximum absolute atomic E-state index is 12.4. The van der Waals surface area contributed by atoms with E-state index in [1.54, 1.807) is 6.92 Å². The molecule has 5 heteroatoms. The normalized spacial score (nSPS) is 12.0. The van der Waals surface area contributed by atoms with Gasteiger partial charge in [-0.25, -0.2) is 0 Å². The molecule has 5 nitrogen and oxygen atoms in total. The number of aryl methyl sites for hydroxylation is 2. The highest BCUT2D eigenvalue weighted by molar-refractivity contribution is 5.96. The second-order valence-electron chi connectivity index (χ2n) is 5.11. The monoisotopic (exact) mass is 302 g/mol. The molecule has 1 aromatic carbocycles. The molecule has 1 amide bonds. The fraction of sp³-hybridized carbons (Fsp3) is 0.412. The standard InChI is InChI=1S/C17H22N2O3/c1-5-15-16(12(4)22-19-15)17(20)18-11(3)13-7-9-14(10-8-13)21-6-2/h7-11H,5-6H2,1-4H3,(H,18,20). The van der Waals surface area contributed by atoms with E-state index in [1.807, 2.05) is 45.0 Å². The summed E-state index contributed by atoms with van der Waals surface area (Å²) in [6.07, 6.45) is 0.664. The van der Waals surface area contributed by atoms with Crippen LogP contribution >= 0.6 is 0 Å². The van der Waals surface area contributed by atoms with Crippen LogP contribution in [0.2, 0.25) is 0 Å². The van der Waals surface area contributed by atoms with Crippen LogP contribution in [0, 0.1) is 6.92 Å². The molecule has 0 spiro atoms. The van der Waals surface area contributed by atoms with E-state index in [-0.39, 0.29) is 11.9 Å². The number of amides is 1. The number of rotatable bonds is 6. The molecule has 0 radical (unpaired) electrons. The number of hydrogen-bond acceptors (Lipinski definition) is 4. The van der Waals surface area contributed by atoms with E-state index in [2.05, 4.69) is 10.5 Å². The van der Waals surface area contributed by atoms with Crippen LogP contribution in [0.15, 0.2) is 28.8 Å². The molecule has 1 unspecified atom stereocenters. The lowest BCUT2D eigenvalue weighted by molar-refractivity contribution is 0.0937. The molecule has 0 fully saturated rings. The number of carbonyl (C=O) groups is 1. The summed E-state index contributed by atoms with van der Waals surface area (Å²) in [6, 6.07) is 7.61. The molecule has 0 aliphatic heterocycles. The average Bonchev–Trinajstić information content (AvgIpc) is 2.89. The zero-order valence-corrected chi connectivity index (χ0v) is 13.5. The highest BCUT2D eigenvalue weighted by atomic mass is 16.5. The minimum Gasteiger partial charge on any atom is -0.494 e. The molecule has 0 aliphatic carbocycles. The summed E-state index contributed by atoms with van der Waals surface area (Å²) >= 11 is 0. The number of aromatic nitrogens is 1. The molecule has 0 saturated carbocycles. The number of hydrogen-bond donors (Lipinski definition) is 1. The fourth-order valence-corrected chi connectivity index (χ4v) is 2.32. The largest absolute Gasteiger partial charge is 0.494 e. The van der Waals surface area contributed by atoms with Gasteiger partial charge in [0.05, 0.1) is 18.3 Å². The molecule has 0 aliphatic rings. The van der Waals surface area contributed by atoms with Gasteiger partial charge in [-0.15, -0.1) is 0 Å². The van der Waals surface area contributed by atoms with Gasteiger partial charge < -0.3 is 14.6 Å². The Hall–Kier alpha value is -2.30. The van der Waals surface area contributed by atoms with E-state index in [0.717, 1.165) is 11.3 Å². The quantitative estimate of drug-likeness (QED) is 0.888. The lowest BCUT2D eigenvalue weighted by atomic mass is 10.1. The predicted molar refractivity (Wildman–Crippen MR) is 84.1 cm³/mol. The Balaban J connectivity index is 2.09. The topological polar surface area (TPSA) is 64.4 Å². The van der Waals surface area contributed by atoms with E-state index < -0.39 is 0 Å². The molecule has 2 aromatic rings. The van der Waals surface area contributed by atoms with Gasteiger partial charge >= 0.3 is 0 Å². The third-order valence-electron chi connectivity index (χ3n) is 3.53. The summed E-state index contributed by atoms with van der Waals surface area (Å²) in [5.41, 5.74) is 2.25. The van der Waals surface area contributed by atoms with Crippen LogP contribution in [0.1, 0.15) is 54.2 Å². The van der Waals surface area contributed by atoms with Gasteiger partial charge in [-0.3, -0.25) is 4.79 Å². The summed E-state index contributed by atoms with van der Waals surface area (Å²) in [4.78, 5) is 12.4. The van der Waals surface area contributed by atoms with Gasteiger partial charge in [0.15, 0.2) is 0 Å². The van der Waals surface area contributed by atoms with Crippen molar-refractivity contribution < 1.29 is 14.1 Å². The molecular formula is C17H22N2O3. The van der Waals surface area contributed by atoms with Gasteiger partial charge in [-0.1, -0.05) is 24.2 Å². The Bertz CT molecular complexity index is 632. The smallest absolute Gasteiger partial charge is 0.257 e. The summed E-state index contributed by atoms with van der Waals surface area (Å²) in [7, 11) is 0. The Labute approximate surface area is 130 Å². The van der Waals surface area contributed by atoms with Crippen molar-refractivity contribution in [3.8, 4) is 5.75 Å². The van der Waals surface area contributed by atoms with Gasteiger partial charge in [0.25, 0.3) is 5.91 Å². The van der Waals surface area contributed by atoms with Gasteiger partial charge in [0.1, 0.15) is 17.1 Å². The summed E-state index contributed by atoms with van der Waals surface area (Å²) < 4.78 is 10.5. The van der Waals surface area contributed by atoms with Gasteiger partial charge in [-0.2, -0.15) is 0 Å². The van der Waals surface area contributed by atoms with Crippen LogP contribution in [0.5, 0.6) is 5.75 Å². The van der Waals surface area contributed by atoms with E-state index in [0.29, 0.717) is 30.0 Å². The van der Waals surface area contributed by atoms with Crippen molar-refractivity contribution in [3.05, 3.63) is 46.8 Å². The summed E-state index contributed by atoms with van der Waals surface area (Å²) in [5.74, 6) is 1.22. The van der Waals surface area contributed by atoms with Crippen LogP contribution in [-0.2, 0) is 6.42 Å². The zero-order valence-electron chi connectivity index (χ0n) is 13.5. The van der Waals surface area contributed by atoms with Crippen molar-refractivity contribution >= 4 is 5.91 Å². The number of nitrogens with zero attached hydrogens (tertiary/aromatic N) is 1. The van der Waals surface area contributed by atoms with Crippen LogP contribution in [0.4, 0.5) is 0 Å². The highest BCUT2D eigenvalue weighted by Crippen LogP contribution is 2.20. The number of nitrogens with one attached hydrogen (secondary N) is 1. The van der Waals surface area contributed by atoms with Crippen molar-refractivity contribution in [2.24, 2.45) is 0 Å². The first kappa shape index (κ1) is 16.1. The van der Waals surface area contributed by atoms with E-state index in [4.69, 9.17) is 9.26 Å². The first-order chi connectivity index (χ1) is 10.6. The molecule has 1 atom stereocenters. The van der Waals surface area contributed by atoms with Crippen LogP contribution in [0.25, 0.3) is 0 Å². The Kier molecular flexibility index (Phi) is 5.20.